The second kappa shape index (κ2) is 8.85. The van der Waals surface area contributed by atoms with Gasteiger partial charge in [-0.25, -0.2) is 4.39 Å². The molecule has 1 aromatic carbocycles. The van der Waals surface area contributed by atoms with E-state index in [0.29, 0.717) is 29.9 Å². The number of hydrogen-bond donors (Lipinski definition) is 2. The number of halogens is 1. The van der Waals surface area contributed by atoms with Crippen molar-refractivity contribution in [3.05, 3.63) is 54.2 Å². The van der Waals surface area contributed by atoms with Crippen LogP contribution in [0.3, 0.4) is 0 Å². The fourth-order valence-corrected chi connectivity index (χ4v) is 4.21. The maximum absolute atomic E-state index is 15.0. The molecular weight excluding hydrogens is 399 g/mol. The number of aromatic amines is 1. The highest BCUT2D eigenvalue weighted by atomic mass is 19.1. The fraction of sp³-hybridized carbons (Fsp3) is 0.348. The quantitative estimate of drug-likeness (QED) is 0.448. The van der Waals surface area contributed by atoms with E-state index in [9.17, 15) is 14.3 Å². The zero-order valence-electron chi connectivity index (χ0n) is 17.3. The second-order valence-electron chi connectivity index (χ2n) is 7.69. The van der Waals surface area contributed by atoms with Crippen LogP contribution >= 0.6 is 0 Å². The van der Waals surface area contributed by atoms with Gasteiger partial charge in [-0.15, -0.1) is 10.2 Å². The summed E-state index contributed by atoms with van der Waals surface area (Å²) in [6.07, 6.45) is 1.44. The first-order valence-corrected chi connectivity index (χ1v) is 10.2. The summed E-state index contributed by atoms with van der Waals surface area (Å²) in [6.45, 7) is 4.39. The number of amides is 1. The Balaban J connectivity index is 1.78. The Morgan fingerprint density at radius 3 is 2.94 bits per heavy atom. The Morgan fingerprint density at radius 1 is 1.39 bits per heavy atom. The van der Waals surface area contributed by atoms with Gasteiger partial charge in [-0.3, -0.25) is 4.79 Å². The topological polar surface area (TPSA) is 91.3 Å². The first-order valence-electron chi connectivity index (χ1n) is 10.2. The predicted molar refractivity (Wildman–Crippen MR) is 116 cm³/mol. The van der Waals surface area contributed by atoms with Gasteiger partial charge in [-0.2, -0.15) is 0 Å². The summed E-state index contributed by atoms with van der Waals surface area (Å²) in [5, 5.41) is 19.6. The summed E-state index contributed by atoms with van der Waals surface area (Å²) in [5.41, 5.74) is 3.36. The van der Waals surface area contributed by atoms with Crippen molar-refractivity contribution < 1.29 is 19.0 Å². The number of H-pyrrole nitrogens is 1. The third kappa shape index (κ3) is 4.03. The standard InChI is InChI=1S/C23H25FN4O3/c1-3-21(30)28-12-17(18(24)13-28)22-14(8-6-10-31-2)16-11-19(26-27-23(16)25-22)15-7-4-5-9-20(15)29/h3-5,7,9,11,17-18,29H,1,6,8,10,12-13H2,2H3,(H,25,27)/t17-,18+/m1/s1. The van der Waals surface area contributed by atoms with Crippen LogP contribution in [0, 0.1) is 0 Å². The number of nitrogens with one attached hydrogen (secondary N) is 1. The first kappa shape index (κ1) is 21.0. The van der Waals surface area contributed by atoms with Gasteiger partial charge in [0.25, 0.3) is 0 Å². The summed E-state index contributed by atoms with van der Waals surface area (Å²) in [6, 6.07) is 8.80. The molecule has 3 heterocycles. The van der Waals surface area contributed by atoms with Gasteiger partial charge in [0, 0.05) is 36.9 Å². The van der Waals surface area contributed by atoms with Crippen molar-refractivity contribution in [3.8, 4) is 17.0 Å². The second-order valence-corrected chi connectivity index (χ2v) is 7.69. The molecule has 1 fully saturated rings. The van der Waals surface area contributed by atoms with E-state index in [-0.39, 0.29) is 24.7 Å². The highest BCUT2D eigenvalue weighted by molar-refractivity contribution is 5.88. The molecule has 2 N–H and O–H groups in total. The van der Waals surface area contributed by atoms with Crippen LogP contribution < -0.4 is 0 Å². The number of para-hydroxylation sites is 1. The number of alkyl halides is 1. The number of likely N-dealkylation sites (tertiary alicyclic amines) is 1. The fourth-order valence-electron chi connectivity index (χ4n) is 4.21. The molecule has 0 bridgehead atoms. The van der Waals surface area contributed by atoms with Crippen LogP contribution in [0.2, 0.25) is 0 Å². The molecule has 1 aliphatic rings. The highest BCUT2D eigenvalue weighted by Crippen LogP contribution is 2.37. The summed E-state index contributed by atoms with van der Waals surface area (Å²) < 4.78 is 20.2. The zero-order valence-corrected chi connectivity index (χ0v) is 17.3. The Labute approximate surface area is 179 Å². The van der Waals surface area contributed by atoms with Gasteiger partial charge in [-0.05, 0) is 42.7 Å². The molecule has 4 rings (SSSR count). The number of phenols is 1. The number of carbonyl (C=O) groups is 1. The van der Waals surface area contributed by atoms with Crippen molar-refractivity contribution >= 4 is 16.9 Å². The number of ether oxygens (including phenoxy) is 1. The van der Waals surface area contributed by atoms with Crippen molar-refractivity contribution in [2.24, 2.45) is 0 Å². The van der Waals surface area contributed by atoms with Crippen molar-refractivity contribution in [1.29, 1.82) is 0 Å². The lowest BCUT2D eigenvalue weighted by molar-refractivity contribution is -0.125. The van der Waals surface area contributed by atoms with Crippen LogP contribution in [-0.2, 0) is 16.0 Å². The molecule has 1 aliphatic heterocycles. The SMILES string of the molecule is C=CC(=O)N1C[C@H](F)[C@H](c2[nH]c3nnc(-c4ccccc4O)cc3c2CCCOC)C1. The van der Waals surface area contributed by atoms with E-state index in [4.69, 9.17) is 4.74 Å². The molecule has 162 valence electrons. The molecule has 1 amide bonds. The number of aromatic nitrogens is 3. The number of benzene rings is 1. The maximum Gasteiger partial charge on any atom is 0.246 e. The average molecular weight is 424 g/mol. The lowest BCUT2D eigenvalue weighted by Crippen LogP contribution is -2.27. The Morgan fingerprint density at radius 2 is 2.19 bits per heavy atom. The van der Waals surface area contributed by atoms with E-state index in [2.05, 4.69) is 21.8 Å². The predicted octanol–water partition coefficient (Wildman–Crippen LogP) is 3.36. The van der Waals surface area contributed by atoms with Gasteiger partial charge in [0.1, 0.15) is 11.9 Å². The number of aromatic hydroxyl groups is 1. The Bertz CT molecular complexity index is 1110. The molecule has 0 spiro atoms. The lowest BCUT2D eigenvalue weighted by Gasteiger charge is -2.15. The number of nitrogens with zero attached hydrogens (tertiary/aromatic N) is 3. The van der Waals surface area contributed by atoms with Crippen LogP contribution in [-0.4, -0.2) is 64.1 Å². The molecule has 31 heavy (non-hydrogen) atoms. The highest BCUT2D eigenvalue weighted by Gasteiger charge is 2.38. The van der Waals surface area contributed by atoms with E-state index in [1.807, 2.05) is 12.1 Å². The van der Waals surface area contributed by atoms with Crippen molar-refractivity contribution in [2.75, 3.05) is 26.8 Å². The van der Waals surface area contributed by atoms with Crippen molar-refractivity contribution in [1.82, 2.24) is 20.1 Å². The smallest absolute Gasteiger partial charge is 0.246 e. The largest absolute Gasteiger partial charge is 0.507 e. The summed E-state index contributed by atoms with van der Waals surface area (Å²) >= 11 is 0. The van der Waals surface area contributed by atoms with Crippen LogP contribution in [0.5, 0.6) is 5.75 Å². The monoisotopic (exact) mass is 424 g/mol. The molecule has 2 aromatic heterocycles. The number of carbonyl (C=O) groups excluding carboxylic acids is 1. The Kier molecular flexibility index (Phi) is 5.99. The number of rotatable bonds is 7. The summed E-state index contributed by atoms with van der Waals surface area (Å²) in [4.78, 5) is 16.7. The normalized spacial score (nSPS) is 18.6. The van der Waals surface area contributed by atoms with E-state index in [1.165, 1.54) is 11.0 Å². The van der Waals surface area contributed by atoms with Gasteiger partial charge in [0.15, 0.2) is 5.65 Å². The number of methoxy groups -OCH3 is 1. The first-order chi connectivity index (χ1) is 15.0. The molecule has 7 nitrogen and oxygen atoms in total. The molecule has 0 aliphatic carbocycles. The number of phenolic OH excluding ortho intramolecular Hbond substituents is 1. The minimum Gasteiger partial charge on any atom is -0.507 e. The van der Waals surface area contributed by atoms with E-state index in [1.54, 1.807) is 25.3 Å². The van der Waals surface area contributed by atoms with Gasteiger partial charge in [0.2, 0.25) is 5.91 Å². The average Bonchev–Trinajstić information content (AvgIpc) is 3.33. The molecular formula is C23H25FN4O3. The number of fused-ring (bicyclic) bond motifs is 1. The summed E-state index contributed by atoms with van der Waals surface area (Å²) in [7, 11) is 1.64. The molecule has 0 radical (unpaired) electrons. The zero-order chi connectivity index (χ0) is 22.0. The maximum atomic E-state index is 15.0. The van der Waals surface area contributed by atoms with Crippen molar-refractivity contribution in [3.63, 3.8) is 0 Å². The van der Waals surface area contributed by atoms with Crippen LogP contribution in [0.25, 0.3) is 22.3 Å². The molecule has 0 unspecified atom stereocenters. The summed E-state index contributed by atoms with van der Waals surface area (Å²) in [5.74, 6) is -0.640. The van der Waals surface area contributed by atoms with Gasteiger partial charge < -0.3 is 19.7 Å². The van der Waals surface area contributed by atoms with Gasteiger partial charge in [0.05, 0.1) is 18.2 Å². The van der Waals surface area contributed by atoms with Gasteiger partial charge in [-0.1, -0.05) is 18.7 Å². The van der Waals surface area contributed by atoms with Gasteiger partial charge >= 0.3 is 0 Å². The lowest BCUT2D eigenvalue weighted by atomic mass is 9.95. The molecule has 1 saturated heterocycles. The minimum absolute atomic E-state index is 0.0389. The molecule has 3 aromatic rings. The van der Waals surface area contributed by atoms with E-state index >= 15 is 0 Å². The van der Waals surface area contributed by atoms with E-state index in [0.717, 1.165) is 23.1 Å². The molecule has 2 atom stereocenters. The molecule has 0 saturated carbocycles. The number of hydrogen-bond acceptors (Lipinski definition) is 5. The van der Waals surface area contributed by atoms with Crippen LogP contribution in [0.15, 0.2) is 43.0 Å². The van der Waals surface area contributed by atoms with Crippen LogP contribution in [0.1, 0.15) is 23.6 Å². The minimum atomic E-state index is -1.19. The number of aryl methyl sites for hydroxylation is 1. The van der Waals surface area contributed by atoms with Crippen molar-refractivity contribution in [2.45, 2.75) is 24.9 Å². The molecule has 8 heteroatoms. The third-order valence-electron chi connectivity index (χ3n) is 5.76. The van der Waals surface area contributed by atoms with E-state index < -0.39 is 12.1 Å². The third-order valence-corrected chi connectivity index (χ3v) is 5.76. The van der Waals surface area contributed by atoms with Crippen LogP contribution in [0.4, 0.5) is 4.39 Å². The Hall–Kier alpha value is -3.26.